The lowest BCUT2D eigenvalue weighted by molar-refractivity contribution is -0.129. The van der Waals surface area contributed by atoms with Gasteiger partial charge in [0.05, 0.1) is 6.42 Å². The number of para-hydroxylation sites is 1. The summed E-state index contributed by atoms with van der Waals surface area (Å²) in [6.45, 7) is 2.66. The monoisotopic (exact) mass is 309 g/mol. The number of nitrogens with zero attached hydrogens (tertiary/aromatic N) is 2. The van der Waals surface area contributed by atoms with Crippen LogP contribution in [0, 0.1) is 5.92 Å². The molecule has 0 saturated carbocycles. The van der Waals surface area contributed by atoms with E-state index >= 15 is 0 Å². The maximum Gasteiger partial charge on any atom is 0.228 e. The molecule has 1 aliphatic heterocycles. The van der Waals surface area contributed by atoms with Gasteiger partial charge in [-0.25, -0.2) is 0 Å². The summed E-state index contributed by atoms with van der Waals surface area (Å²) < 4.78 is 5.24. The summed E-state index contributed by atoms with van der Waals surface area (Å²) in [7, 11) is 1.95. The molecule has 0 bridgehead atoms. The van der Waals surface area contributed by atoms with Gasteiger partial charge in [0.25, 0.3) is 0 Å². The van der Waals surface area contributed by atoms with Crippen LogP contribution in [-0.2, 0) is 11.2 Å². The minimum Gasteiger partial charge on any atom is -0.356 e. The zero-order valence-corrected chi connectivity index (χ0v) is 12.9. The summed E-state index contributed by atoms with van der Waals surface area (Å²) in [5.74, 6) is 0.709. The summed E-state index contributed by atoms with van der Waals surface area (Å²) in [5.41, 5.74) is 1.48. The Kier molecular flexibility index (Phi) is 5.20. The number of nitrogens with one attached hydrogen (secondary N) is 1. The summed E-state index contributed by atoms with van der Waals surface area (Å²) in [5, 5.41) is 8.14. The lowest BCUT2D eigenvalue weighted by atomic mass is 10.1. The third-order valence-electron chi connectivity index (χ3n) is 3.90. The molecule has 1 aromatic heterocycles. The quantitative estimate of drug-likeness (QED) is 0.936. The smallest absolute Gasteiger partial charge is 0.228 e. The van der Waals surface area contributed by atoms with Crippen molar-refractivity contribution in [1.29, 1.82) is 0 Å². The topological polar surface area (TPSA) is 58.4 Å². The van der Waals surface area contributed by atoms with Gasteiger partial charge in [0, 0.05) is 18.5 Å². The second kappa shape index (κ2) is 6.91. The van der Waals surface area contributed by atoms with E-state index in [-0.39, 0.29) is 18.3 Å². The first-order chi connectivity index (χ1) is 9.78. The molecule has 3 rings (SSSR count). The summed E-state index contributed by atoms with van der Waals surface area (Å²) >= 11 is 0. The van der Waals surface area contributed by atoms with Crippen LogP contribution < -0.4 is 5.32 Å². The first-order valence-corrected chi connectivity index (χ1v) is 7.03. The summed E-state index contributed by atoms with van der Waals surface area (Å²) in [6, 6.07) is 7.66. The Balaban J connectivity index is 0.00000161. The van der Waals surface area contributed by atoms with Gasteiger partial charge >= 0.3 is 0 Å². The highest BCUT2D eigenvalue weighted by Gasteiger charge is 2.26. The molecule has 1 aromatic carbocycles. The van der Waals surface area contributed by atoms with Crippen LogP contribution in [0.4, 0.5) is 0 Å². The van der Waals surface area contributed by atoms with Crippen LogP contribution in [0.2, 0.25) is 0 Å². The number of amides is 1. The number of carbonyl (C=O) groups excluding carboxylic acids is 1. The molecule has 0 aliphatic carbocycles. The lowest BCUT2D eigenvalue weighted by Crippen LogP contribution is -2.31. The van der Waals surface area contributed by atoms with Crippen LogP contribution in [0.5, 0.6) is 0 Å². The number of fused-ring (bicyclic) bond motifs is 1. The SMILES string of the molecule is CNCC1CCN(C(=O)Cc2noc3ccccc23)C1.Cl. The van der Waals surface area contributed by atoms with Crippen molar-refractivity contribution in [3.8, 4) is 0 Å². The first kappa shape index (κ1) is 15.8. The van der Waals surface area contributed by atoms with Crippen LogP contribution in [0.3, 0.4) is 0 Å². The molecule has 1 fully saturated rings. The molecule has 1 N–H and O–H groups in total. The molecule has 0 radical (unpaired) electrons. The maximum atomic E-state index is 12.3. The predicted molar refractivity (Wildman–Crippen MR) is 83.6 cm³/mol. The Morgan fingerprint density at radius 1 is 1.48 bits per heavy atom. The third-order valence-corrected chi connectivity index (χ3v) is 3.90. The number of carbonyl (C=O) groups is 1. The minimum atomic E-state index is 0. The average Bonchev–Trinajstić information content (AvgIpc) is 3.07. The van der Waals surface area contributed by atoms with Gasteiger partial charge in [0.15, 0.2) is 5.58 Å². The molecule has 114 valence electrons. The van der Waals surface area contributed by atoms with E-state index in [9.17, 15) is 4.79 Å². The second-order valence-electron chi connectivity index (χ2n) is 5.35. The number of hydrogen-bond acceptors (Lipinski definition) is 4. The van der Waals surface area contributed by atoms with Crippen molar-refractivity contribution in [2.45, 2.75) is 12.8 Å². The third kappa shape index (κ3) is 3.36. The fourth-order valence-corrected chi connectivity index (χ4v) is 2.84. The van der Waals surface area contributed by atoms with Crippen molar-refractivity contribution in [3.63, 3.8) is 0 Å². The van der Waals surface area contributed by atoms with E-state index in [0.717, 1.165) is 42.7 Å². The Labute approximate surface area is 130 Å². The van der Waals surface area contributed by atoms with Gasteiger partial charge in [-0.2, -0.15) is 0 Å². The fraction of sp³-hybridized carbons (Fsp3) is 0.467. The second-order valence-corrected chi connectivity index (χ2v) is 5.35. The zero-order valence-electron chi connectivity index (χ0n) is 12.0. The van der Waals surface area contributed by atoms with Gasteiger partial charge in [-0.15, -0.1) is 12.4 Å². The number of hydrogen-bond donors (Lipinski definition) is 1. The Morgan fingerprint density at radius 2 is 2.29 bits per heavy atom. The molecule has 2 aromatic rings. The molecular weight excluding hydrogens is 290 g/mol. The minimum absolute atomic E-state index is 0. The van der Waals surface area contributed by atoms with Crippen LogP contribution in [0.25, 0.3) is 11.0 Å². The van der Waals surface area contributed by atoms with Gasteiger partial charge in [0.2, 0.25) is 5.91 Å². The van der Waals surface area contributed by atoms with Crippen molar-refractivity contribution in [2.24, 2.45) is 5.92 Å². The summed E-state index contributed by atoms with van der Waals surface area (Å²) in [6.07, 6.45) is 1.40. The number of halogens is 1. The van der Waals surface area contributed by atoms with Gasteiger partial charge in [0.1, 0.15) is 5.69 Å². The molecule has 6 heteroatoms. The Morgan fingerprint density at radius 3 is 3.10 bits per heavy atom. The fourth-order valence-electron chi connectivity index (χ4n) is 2.84. The Bertz CT molecular complexity index is 614. The number of aromatic nitrogens is 1. The normalized spacial score (nSPS) is 18.0. The van der Waals surface area contributed by atoms with Crippen molar-refractivity contribution < 1.29 is 9.32 Å². The molecule has 1 atom stereocenters. The van der Waals surface area contributed by atoms with Crippen LogP contribution >= 0.6 is 12.4 Å². The van der Waals surface area contributed by atoms with Crippen molar-refractivity contribution >= 4 is 29.3 Å². The van der Waals surface area contributed by atoms with Gasteiger partial charge < -0.3 is 14.7 Å². The van der Waals surface area contributed by atoms with Crippen LogP contribution in [0.15, 0.2) is 28.8 Å². The number of rotatable bonds is 4. The zero-order chi connectivity index (χ0) is 13.9. The van der Waals surface area contributed by atoms with Gasteiger partial charge in [-0.05, 0) is 38.1 Å². The van der Waals surface area contributed by atoms with E-state index in [2.05, 4.69) is 10.5 Å². The van der Waals surface area contributed by atoms with E-state index < -0.39 is 0 Å². The van der Waals surface area contributed by atoms with Crippen molar-refractivity contribution in [2.75, 3.05) is 26.7 Å². The van der Waals surface area contributed by atoms with E-state index in [1.807, 2.05) is 36.2 Å². The van der Waals surface area contributed by atoms with Gasteiger partial charge in [-0.1, -0.05) is 17.3 Å². The molecule has 1 saturated heterocycles. The number of likely N-dealkylation sites (tertiary alicyclic amines) is 1. The van der Waals surface area contributed by atoms with Crippen LogP contribution in [0.1, 0.15) is 12.1 Å². The van der Waals surface area contributed by atoms with Crippen LogP contribution in [-0.4, -0.2) is 42.6 Å². The molecule has 2 heterocycles. The van der Waals surface area contributed by atoms with Crippen molar-refractivity contribution in [1.82, 2.24) is 15.4 Å². The van der Waals surface area contributed by atoms with Gasteiger partial charge in [-0.3, -0.25) is 4.79 Å². The lowest BCUT2D eigenvalue weighted by Gasteiger charge is -2.15. The molecular formula is C15H20ClN3O2. The first-order valence-electron chi connectivity index (χ1n) is 7.03. The maximum absolute atomic E-state index is 12.3. The van der Waals surface area contributed by atoms with E-state index in [4.69, 9.17) is 4.52 Å². The highest BCUT2D eigenvalue weighted by Crippen LogP contribution is 2.21. The molecule has 1 amide bonds. The molecule has 21 heavy (non-hydrogen) atoms. The van der Waals surface area contributed by atoms with E-state index in [0.29, 0.717) is 12.3 Å². The highest BCUT2D eigenvalue weighted by atomic mass is 35.5. The summed E-state index contributed by atoms with van der Waals surface area (Å²) in [4.78, 5) is 14.3. The Hall–Kier alpha value is -1.59. The highest BCUT2D eigenvalue weighted by molar-refractivity contribution is 5.86. The predicted octanol–water partition coefficient (Wildman–Crippen LogP) is 1.86. The molecule has 5 nitrogen and oxygen atoms in total. The van der Waals surface area contributed by atoms with Crippen molar-refractivity contribution in [3.05, 3.63) is 30.0 Å². The molecule has 1 aliphatic rings. The standard InChI is InChI=1S/C15H19N3O2.ClH/c1-16-9-11-6-7-18(10-11)15(19)8-13-12-4-2-3-5-14(12)20-17-13;/h2-5,11,16H,6-10H2,1H3;1H. The molecule has 0 spiro atoms. The average molecular weight is 310 g/mol. The van der Waals surface area contributed by atoms with E-state index in [1.54, 1.807) is 0 Å². The largest absolute Gasteiger partial charge is 0.356 e. The molecule has 1 unspecified atom stereocenters. The number of benzene rings is 1. The van der Waals surface area contributed by atoms with E-state index in [1.165, 1.54) is 0 Å².